The van der Waals surface area contributed by atoms with Crippen LogP contribution in [-0.2, 0) is 19.1 Å². The third kappa shape index (κ3) is 3.76. The van der Waals surface area contributed by atoms with Crippen LogP contribution in [0, 0.1) is 0 Å². The van der Waals surface area contributed by atoms with Crippen LogP contribution in [0.3, 0.4) is 0 Å². The van der Waals surface area contributed by atoms with Gasteiger partial charge in [0.15, 0.2) is 5.78 Å². The maximum atomic E-state index is 12.2. The van der Waals surface area contributed by atoms with E-state index in [1.807, 2.05) is 6.07 Å². The molecule has 0 aliphatic carbocycles. The summed E-state index contributed by atoms with van der Waals surface area (Å²) in [5, 5.41) is 29.4. The molecular formula is C16H20O7. The fourth-order valence-corrected chi connectivity index (χ4v) is 2.38. The van der Waals surface area contributed by atoms with Crippen LogP contribution in [0.4, 0.5) is 0 Å². The zero-order chi connectivity index (χ0) is 17.1. The van der Waals surface area contributed by atoms with Gasteiger partial charge in [0.05, 0.1) is 5.92 Å². The molecule has 0 amide bonds. The van der Waals surface area contributed by atoms with Crippen molar-refractivity contribution in [1.82, 2.24) is 0 Å². The number of Topliss-reactive ketones (excluding diaryl/α,β-unsaturated/α-hetero) is 1. The van der Waals surface area contributed by atoms with E-state index in [9.17, 15) is 24.9 Å². The molecule has 0 bridgehead atoms. The third-order valence-corrected chi connectivity index (χ3v) is 3.86. The van der Waals surface area contributed by atoms with Crippen LogP contribution in [0.2, 0.25) is 0 Å². The highest BCUT2D eigenvalue weighted by Crippen LogP contribution is 2.25. The number of carbonyl (C=O) groups is 2. The van der Waals surface area contributed by atoms with Gasteiger partial charge in [0.25, 0.3) is 0 Å². The average Bonchev–Trinajstić information content (AvgIpc) is 2.55. The highest BCUT2D eigenvalue weighted by atomic mass is 16.7. The van der Waals surface area contributed by atoms with Gasteiger partial charge in [-0.2, -0.15) is 0 Å². The van der Waals surface area contributed by atoms with Crippen molar-refractivity contribution >= 4 is 11.8 Å². The van der Waals surface area contributed by atoms with Crippen molar-refractivity contribution in [2.45, 2.75) is 50.5 Å². The van der Waals surface area contributed by atoms with Gasteiger partial charge in [-0.25, -0.2) is 0 Å². The zero-order valence-corrected chi connectivity index (χ0v) is 12.8. The Hall–Kier alpha value is -1.80. The molecule has 7 nitrogen and oxygen atoms in total. The molecule has 0 radical (unpaired) electrons. The molecule has 1 aliphatic heterocycles. The standard InChI is InChI=1S/C16H20O7/c1-8(10-6-4-3-5-7-10)15(21)23-16-13(20)11(18)12(19)14(22-16)9(2)17/h3-8,11-14,16,18-20H,1-2H3/t8?,11-,12-,13+,14+,16-/m0/s1. The molecule has 7 heteroatoms. The fraction of sp³-hybridized carbons (Fsp3) is 0.500. The number of aliphatic hydroxyl groups excluding tert-OH is 3. The summed E-state index contributed by atoms with van der Waals surface area (Å²) in [4.78, 5) is 23.6. The van der Waals surface area contributed by atoms with E-state index in [4.69, 9.17) is 9.47 Å². The predicted octanol–water partition coefficient (Wildman–Crippen LogP) is -0.270. The van der Waals surface area contributed by atoms with Gasteiger partial charge in [-0.1, -0.05) is 30.3 Å². The summed E-state index contributed by atoms with van der Waals surface area (Å²) >= 11 is 0. The topological polar surface area (TPSA) is 113 Å². The number of carbonyl (C=O) groups excluding carboxylic acids is 2. The quantitative estimate of drug-likeness (QED) is 0.653. The van der Waals surface area contributed by atoms with Crippen LogP contribution < -0.4 is 0 Å². The number of ether oxygens (including phenoxy) is 2. The Kier molecular flexibility index (Phi) is 5.48. The van der Waals surface area contributed by atoms with Gasteiger partial charge in [-0.3, -0.25) is 9.59 Å². The van der Waals surface area contributed by atoms with E-state index in [0.717, 1.165) is 0 Å². The summed E-state index contributed by atoms with van der Waals surface area (Å²) < 4.78 is 10.2. The Balaban J connectivity index is 2.08. The van der Waals surface area contributed by atoms with E-state index in [1.165, 1.54) is 6.92 Å². The summed E-state index contributed by atoms with van der Waals surface area (Å²) in [6.45, 7) is 2.80. The van der Waals surface area contributed by atoms with E-state index >= 15 is 0 Å². The molecule has 1 unspecified atom stereocenters. The van der Waals surface area contributed by atoms with Crippen molar-refractivity contribution in [1.29, 1.82) is 0 Å². The minimum absolute atomic E-state index is 0.541. The highest BCUT2D eigenvalue weighted by molar-refractivity contribution is 5.81. The maximum absolute atomic E-state index is 12.2. The fourth-order valence-electron chi connectivity index (χ4n) is 2.38. The van der Waals surface area contributed by atoms with Gasteiger partial charge in [0.2, 0.25) is 6.29 Å². The molecule has 0 spiro atoms. The monoisotopic (exact) mass is 324 g/mol. The van der Waals surface area contributed by atoms with Gasteiger partial charge >= 0.3 is 5.97 Å². The van der Waals surface area contributed by atoms with Crippen LogP contribution in [0.1, 0.15) is 25.3 Å². The SMILES string of the molecule is CC(=O)[C@H]1O[C@@H](OC(=O)C(C)c2ccccc2)[C@H](O)[C@@H](O)[C@@H]1O. The first kappa shape index (κ1) is 17.6. The molecular weight excluding hydrogens is 304 g/mol. The van der Waals surface area contributed by atoms with E-state index in [0.29, 0.717) is 5.56 Å². The Labute approximate surface area is 133 Å². The van der Waals surface area contributed by atoms with Crippen molar-refractivity contribution in [2.24, 2.45) is 0 Å². The second-order valence-electron chi connectivity index (χ2n) is 5.58. The van der Waals surface area contributed by atoms with Crippen LogP contribution in [0.25, 0.3) is 0 Å². The van der Waals surface area contributed by atoms with Crippen molar-refractivity contribution < 1.29 is 34.4 Å². The number of ketones is 1. The van der Waals surface area contributed by atoms with E-state index in [-0.39, 0.29) is 0 Å². The first-order valence-corrected chi connectivity index (χ1v) is 7.28. The molecule has 3 N–H and O–H groups in total. The lowest BCUT2D eigenvalue weighted by Crippen LogP contribution is -2.60. The molecule has 1 saturated heterocycles. The molecule has 2 rings (SSSR count). The Bertz CT molecular complexity index is 559. The van der Waals surface area contributed by atoms with Gasteiger partial charge in [0.1, 0.15) is 24.4 Å². The molecule has 0 saturated carbocycles. The van der Waals surface area contributed by atoms with E-state index in [2.05, 4.69) is 0 Å². The lowest BCUT2D eigenvalue weighted by Gasteiger charge is -2.39. The number of hydrogen-bond acceptors (Lipinski definition) is 7. The Morgan fingerprint density at radius 1 is 1.09 bits per heavy atom. The van der Waals surface area contributed by atoms with Gasteiger partial charge in [-0.15, -0.1) is 0 Å². The van der Waals surface area contributed by atoms with Gasteiger partial charge in [-0.05, 0) is 19.4 Å². The van der Waals surface area contributed by atoms with Gasteiger partial charge < -0.3 is 24.8 Å². The van der Waals surface area contributed by atoms with Gasteiger partial charge in [0, 0.05) is 0 Å². The highest BCUT2D eigenvalue weighted by Gasteiger charge is 2.47. The van der Waals surface area contributed by atoms with Crippen molar-refractivity contribution in [3.05, 3.63) is 35.9 Å². The molecule has 126 valence electrons. The maximum Gasteiger partial charge on any atom is 0.315 e. The normalized spacial score (nSPS) is 32.1. The Morgan fingerprint density at radius 3 is 2.26 bits per heavy atom. The number of rotatable bonds is 4. The van der Waals surface area contributed by atoms with Crippen LogP contribution >= 0.6 is 0 Å². The molecule has 0 aromatic heterocycles. The lowest BCUT2D eigenvalue weighted by molar-refractivity contribution is -0.282. The molecule has 1 aromatic rings. The van der Waals surface area contributed by atoms with Crippen LogP contribution in [-0.4, -0.2) is 57.8 Å². The number of aliphatic hydroxyl groups is 3. The summed E-state index contributed by atoms with van der Waals surface area (Å²) in [6.07, 6.45) is -7.77. The first-order chi connectivity index (χ1) is 10.8. The lowest BCUT2D eigenvalue weighted by atomic mass is 9.96. The van der Waals surface area contributed by atoms with E-state index in [1.54, 1.807) is 31.2 Å². The second-order valence-corrected chi connectivity index (χ2v) is 5.58. The summed E-state index contributed by atoms with van der Waals surface area (Å²) in [6, 6.07) is 8.86. The minimum atomic E-state index is -1.65. The summed E-state index contributed by atoms with van der Waals surface area (Å²) in [5.41, 5.74) is 0.714. The summed E-state index contributed by atoms with van der Waals surface area (Å²) in [5.74, 6) is -1.83. The number of hydrogen-bond donors (Lipinski definition) is 3. The Morgan fingerprint density at radius 2 is 1.70 bits per heavy atom. The smallest absolute Gasteiger partial charge is 0.315 e. The third-order valence-electron chi connectivity index (χ3n) is 3.86. The van der Waals surface area contributed by atoms with Crippen molar-refractivity contribution in [3.8, 4) is 0 Å². The molecule has 1 aliphatic rings. The minimum Gasteiger partial charge on any atom is -0.432 e. The zero-order valence-electron chi connectivity index (χ0n) is 12.8. The van der Waals surface area contributed by atoms with Crippen LogP contribution in [0.5, 0.6) is 0 Å². The van der Waals surface area contributed by atoms with E-state index < -0.39 is 48.4 Å². The molecule has 1 fully saturated rings. The van der Waals surface area contributed by atoms with Crippen LogP contribution in [0.15, 0.2) is 30.3 Å². The molecule has 1 aromatic carbocycles. The second kappa shape index (κ2) is 7.18. The predicted molar refractivity (Wildman–Crippen MR) is 78.3 cm³/mol. The number of esters is 1. The average molecular weight is 324 g/mol. The van der Waals surface area contributed by atoms with Crippen molar-refractivity contribution in [3.63, 3.8) is 0 Å². The largest absolute Gasteiger partial charge is 0.432 e. The number of benzene rings is 1. The molecule has 6 atom stereocenters. The van der Waals surface area contributed by atoms with Crippen molar-refractivity contribution in [2.75, 3.05) is 0 Å². The first-order valence-electron chi connectivity index (χ1n) is 7.28. The molecule has 23 heavy (non-hydrogen) atoms. The summed E-state index contributed by atoms with van der Waals surface area (Å²) in [7, 11) is 0. The molecule has 1 heterocycles.